The number of amides is 1. The molecular weight excluding hydrogens is 146 g/mol. The van der Waals surface area contributed by atoms with Gasteiger partial charge in [-0.2, -0.15) is 0 Å². The fraction of sp³-hybridized carbons (Fsp3) is 0.857. The zero-order valence-electron chi connectivity index (χ0n) is 6.62. The molecule has 1 N–H and O–H groups in total. The van der Waals surface area contributed by atoms with Crippen LogP contribution in [-0.4, -0.2) is 41.9 Å². The van der Waals surface area contributed by atoms with E-state index in [2.05, 4.69) is 0 Å². The van der Waals surface area contributed by atoms with Crippen molar-refractivity contribution in [3.05, 3.63) is 0 Å². The molecule has 1 aliphatic rings. The van der Waals surface area contributed by atoms with Crippen molar-refractivity contribution in [3.63, 3.8) is 0 Å². The van der Waals surface area contributed by atoms with Crippen LogP contribution in [0.2, 0.25) is 0 Å². The van der Waals surface area contributed by atoms with Crippen LogP contribution >= 0.6 is 0 Å². The highest BCUT2D eigenvalue weighted by molar-refractivity contribution is 5.68. The van der Waals surface area contributed by atoms with Gasteiger partial charge in [0.2, 0.25) is 0 Å². The fourth-order valence-electron chi connectivity index (χ4n) is 1.09. The Bertz CT molecular complexity index is 149. The Hall–Kier alpha value is -0.770. The molecule has 1 unspecified atom stereocenters. The number of nitrogens with zero attached hydrogens (tertiary/aromatic N) is 1. The summed E-state index contributed by atoms with van der Waals surface area (Å²) in [7, 11) is 0. The highest BCUT2D eigenvalue weighted by Gasteiger charge is 2.24. The molecule has 0 spiro atoms. The van der Waals surface area contributed by atoms with Crippen LogP contribution in [-0.2, 0) is 4.74 Å². The van der Waals surface area contributed by atoms with Crippen molar-refractivity contribution in [2.45, 2.75) is 19.4 Å². The van der Waals surface area contributed by atoms with E-state index in [4.69, 9.17) is 9.84 Å². The first kappa shape index (κ1) is 8.33. The Morgan fingerprint density at radius 3 is 3.18 bits per heavy atom. The van der Waals surface area contributed by atoms with Crippen LogP contribution in [0.15, 0.2) is 0 Å². The van der Waals surface area contributed by atoms with Crippen molar-refractivity contribution < 1.29 is 14.6 Å². The first-order valence-corrected chi connectivity index (χ1v) is 3.83. The van der Waals surface area contributed by atoms with Crippen molar-refractivity contribution in [2.24, 2.45) is 0 Å². The maximum Gasteiger partial charge on any atom is 0.409 e. The summed E-state index contributed by atoms with van der Waals surface area (Å²) in [4.78, 5) is 12.4. The summed E-state index contributed by atoms with van der Waals surface area (Å²) >= 11 is 0. The lowest BCUT2D eigenvalue weighted by molar-refractivity contribution is -0.00545. The monoisotopic (exact) mass is 159 g/mol. The smallest absolute Gasteiger partial charge is 0.409 e. The normalized spacial score (nSPS) is 25.1. The average molecular weight is 159 g/mol. The van der Waals surface area contributed by atoms with E-state index < -0.39 is 6.10 Å². The molecule has 0 radical (unpaired) electrons. The van der Waals surface area contributed by atoms with Crippen LogP contribution in [0.25, 0.3) is 0 Å². The maximum atomic E-state index is 10.9. The van der Waals surface area contributed by atoms with Crippen LogP contribution < -0.4 is 0 Å². The Morgan fingerprint density at radius 2 is 2.55 bits per heavy atom. The van der Waals surface area contributed by atoms with E-state index in [9.17, 15) is 4.79 Å². The molecule has 0 aliphatic carbocycles. The molecule has 0 aromatic carbocycles. The lowest BCUT2D eigenvalue weighted by Crippen LogP contribution is -2.45. The van der Waals surface area contributed by atoms with Gasteiger partial charge in [0.05, 0.1) is 6.54 Å². The van der Waals surface area contributed by atoms with Crippen molar-refractivity contribution in [2.75, 3.05) is 19.7 Å². The second kappa shape index (κ2) is 3.57. The summed E-state index contributed by atoms with van der Waals surface area (Å²) in [6, 6.07) is 0. The minimum atomic E-state index is -0.515. The predicted octanol–water partition coefficient (Wildman–Crippen LogP) is 0.210. The minimum absolute atomic E-state index is 0.138. The number of carbonyl (C=O) groups excluding carboxylic acids is 1. The average Bonchev–Trinajstić information content (AvgIpc) is 1.98. The molecule has 0 bridgehead atoms. The Morgan fingerprint density at radius 1 is 1.82 bits per heavy atom. The van der Waals surface area contributed by atoms with Gasteiger partial charge in [0.25, 0.3) is 0 Å². The number of aliphatic hydroxyl groups excluding tert-OH is 1. The number of hydrogen-bond donors (Lipinski definition) is 1. The molecule has 1 amide bonds. The fourth-order valence-corrected chi connectivity index (χ4v) is 1.09. The molecule has 0 saturated carbocycles. The van der Waals surface area contributed by atoms with Crippen LogP contribution in [0.1, 0.15) is 13.3 Å². The second-order valence-corrected chi connectivity index (χ2v) is 2.68. The maximum absolute atomic E-state index is 10.9. The molecule has 64 valence electrons. The standard InChI is InChI=1S/C7H13NO3/c1-2-3-8-4-6(9)5-11-7(8)10/h6,9H,2-5H2,1H3. The van der Waals surface area contributed by atoms with Crippen LogP contribution in [0.4, 0.5) is 4.79 Å². The topological polar surface area (TPSA) is 49.8 Å². The summed E-state index contributed by atoms with van der Waals surface area (Å²) < 4.78 is 4.69. The van der Waals surface area contributed by atoms with Crippen molar-refractivity contribution in [3.8, 4) is 0 Å². The van der Waals surface area contributed by atoms with Crippen LogP contribution in [0, 0.1) is 0 Å². The van der Waals surface area contributed by atoms with Gasteiger partial charge in [0, 0.05) is 6.54 Å². The number of hydrogen-bond acceptors (Lipinski definition) is 3. The summed E-state index contributed by atoms with van der Waals surface area (Å²) in [6.07, 6.45) is 0.0679. The molecule has 4 heteroatoms. The third-order valence-electron chi connectivity index (χ3n) is 1.58. The zero-order valence-corrected chi connectivity index (χ0v) is 6.62. The Kier molecular flexibility index (Phi) is 2.70. The molecule has 1 fully saturated rings. The molecule has 1 rings (SSSR count). The van der Waals surface area contributed by atoms with E-state index in [0.717, 1.165) is 6.42 Å². The van der Waals surface area contributed by atoms with Gasteiger partial charge in [-0.1, -0.05) is 6.92 Å². The van der Waals surface area contributed by atoms with E-state index in [-0.39, 0.29) is 12.7 Å². The Labute approximate surface area is 65.8 Å². The third kappa shape index (κ3) is 2.08. The van der Waals surface area contributed by atoms with E-state index in [0.29, 0.717) is 13.1 Å². The van der Waals surface area contributed by atoms with Gasteiger partial charge in [-0.3, -0.25) is 0 Å². The number of rotatable bonds is 2. The van der Waals surface area contributed by atoms with Crippen molar-refractivity contribution in [1.82, 2.24) is 4.90 Å². The molecule has 0 aromatic heterocycles. The Balaban J connectivity index is 2.40. The van der Waals surface area contributed by atoms with Gasteiger partial charge in [0.15, 0.2) is 0 Å². The van der Waals surface area contributed by atoms with E-state index in [1.807, 2.05) is 6.92 Å². The molecule has 1 atom stereocenters. The quantitative estimate of drug-likeness (QED) is 0.626. The summed E-state index contributed by atoms with van der Waals surface area (Å²) in [5.74, 6) is 0. The summed E-state index contributed by atoms with van der Waals surface area (Å²) in [5, 5.41) is 9.11. The third-order valence-corrected chi connectivity index (χ3v) is 1.58. The number of cyclic esters (lactones) is 1. The molecule has 1 saturated heterocycles. The lowest BCUT2D eigenvalue weighted by Gasteiger charge is -2.29. The highest BCUT2D eigenvalue weighted by atomic mass is 16.6. The SMILES string of the molecule is CCCN1CC(O)COC1=O. The first-order chi connectivity index (χ1) is 5.24. The number of β-amino-alcohol motifs (C(OH)–C–C–N with tert-alkyl or cyclic N) is 1. The molecule has 0 aromatic rings. The number of carbonyl (C=O) groups is 1. The van der Waals surface area contributed by atoms with Gasteiger partial charge >= 0.3 is 6.09 Å². The van der Waals surface area contributed by atoms with Gasteiger partial charge in [0.1, 0.15) is 12.7 Å². The zero-order chi connectivity index (χ0) is 8.27. The minimum Gasteiger partial charge on any atom is -0.447 e. The van der Waals surface area contributed by atoms with Crippen LogP contribution in [0.5, 0.6) is 0 Å². The van der Waals surface area contributed by atoms with Crippen molar-refractivity contribution >= 4 is 6.09 Å². The predicted molar refractivity (Wildman–Crippen MR) is 39.2 cm³/mol. The van der Waals surface area contributed by atoms with Gasteiger partial charge in [-0.15, -0.1) is 0 Å². The summed E-state index contributed by atoms with van der Waals surface area (Å²) in [5.41, 5.74) is 0. The molecular formula is C7H13NO3. The molecule has 1 heterocycles. The van der Waals surface area contributed by atoms with E-state index in [1.165, 1.54) is 4.90 Å². The lowest BCUT2D eigenvalue weighted by atomic mass is 10.3. The second-order valence-electron chi connectivity index (χ2n) is 2.68. The highest BCUT2D eigenvalue weighted by Crippen LogP contribution is 2.05. The number of ether oxygens (including phenoxy) is 1. The molecule has 4 nitrogen and oxygen atoms in total. The van der Waals surface area contributed by atoms with Gasteiger partial charge < -0.3 is 14.7 Å². The van der Waals surface area contributed by atoms with Gasteiger partial charge in [-0.25, -0.2) is 4.79 Å². The van der Waals surface area contributed by atoms with Gasteiger partial charge in [-0.05, 0) is 6.42 Å². The molecule has 1 aliphatic heterocycles. The molecule has 11 heavy (non-hydrogen) atoms. The van der Waals surface area contributed by atoms with Crippen LogP contribution in [0.3, 0.4) is 0 Å². The largest absolute Gasteiger partial charge is 0.447 e. The summed E-state index contributed by atoms with van der Waals surface area (Å²) in [6.45, 7) is 3.19. The van der Waals surface area contributed by atoms with E-state index in [1.54, 1.807) is 0 Å². The van der Waals surface area contributed by atoms with E-state index >= 15 is 0 Å². The van der Waals surface area contributed by atoms with Crippen molar-refractivity contribution in [1.29, 1.82) is 0 Å². The first-order valence-electron chi connectivity index (χ1n) is 3.83. The number of aliphatic hydroxyl groups is 1.